The zero-order valence-corrected chi connectivity index (χ0v) is 22.6. The number of rotatable bonds is 9. The Bertz CT molecular complexity index is 1480. The van der Waals surface area contributed by atoms with E-state index in [9.17, 15) is 9.59 Å². The fourth-order valence-corrected chi connectivity index (χ4v) is 6.45. The maximum Gasteiger partial charge on any atom is 0.256 e. The molecular formula is C30H34N4O5. The van der Waals surface area contributed by atoms with Gasteiger partial charge in [0.2, 0.25) is 0 Å². The maximum absolute atomic E-state index is 13.4. The highest BCUT2D eigenvalue weighted by Gasteiger charge is 2.57. The lowest BCUT2D eigenvalue weighted by Gasteiger charge is -2.61. The van der Waals surface area contributed by atoms with Crippen LogP contribution >= 0.6 is 0 Å². The fraction of sp³-hybridized carbons (Fsp3) is 0.433. The van der Waals surface area contributed by atoms with Crippen molar-refractivity contribution < 1.29 is 23.5 Å². The van der Waals surface area contributed by atoms with Crippen molar-refractivity contribution in [3.8, 4) is 5.75 Å². The van der Waals surface area contributed by atoms with Crippen LogP contribution in [-0.2, 0) is 4.74 Å². The fourth-order valence-electron chi connectivity index (χ4n) is 6.45. The number of benzene rings is 1. The summed E-state index contributed by atoms with van der Waals surface area (Å²) in [6, 6.07) is 5.45. The van der Waals surface area contributed by atoms with Crippen molar-refractivity contribution in [2.45, 2.75) is 57.5 Å². The van der Waals surface area contributed by atoms with E-state index in [1.807, 2.05) is 17.9 Å². The van der Waals surface area contributed by atoms with Crippen LogP contribution in [0.2, 0.25) is 0 Å². The summed E-state index contributed by atoms with van der Waals surface area (Å²) >= 11 is 0. The standard InChI is InChI=1S/C30H34N4O5/c1-17-23(29(36)34-10-4-5-20(34)16-37-3)15-32-27(17)24(8-9-31)39-21-6-7-22-25(11-21)38-18(2)26(22)28(35)33-30-12-19(13-30)14-30/h6-9,11,15,19-20,31-32H,4-5,10,12-14,16H2,1-3H3,(H,33,35)/b24-8+,31-9?. The number of hydrogen-bond acceptors (Lipinski definition) is 6. The predicted molar refractivity (Wildman–Crippen MR) is 147 cm³/mol. The molecule has 1 aliphatic heterocycles. The quantitative estimate of drug-likeness (QED) is 0.266. The third-order valence-corrected chi connectivity index (χ3v) is 8.56. The lowest BCUT2D eigenvalue weighted by molar-refractivity contribution is -0.0438. The van der Waals surface area contributed by atoms with Gasteiger partial charge in [0, 0.05) is 49.1 Å². The average Bonchev–Trinajstić information content (AvgIpc) is 3.56. The molecule has 3 aromatic rings. The number of likely N-dealkylation sites (tertiary alicyclic amines) is 1. The van der Waals surface area contributed by atoms with E-state index < -0.39 is 0 Å². The minimum absolute atomic E-state index is 0.0130. The second-order valence-electron chi connectivity index (χ2n) is 11.2. The van der Waals surface area contributed by atoms with Gasteiger partial charge in [-0.2, -0.15) is 0 Å². The van der Waals surface area contributed by atoms with Gasteiger partial charge in [0.05, 0.1) is 29.5 Å². The molecule has 2 bridgehead atoms. The molecule has 1 unspecified atom stereocenters. The molecule has 1 aromatic carbocycles. The lowest BCUT2D eigenvalue weighted by atomic mass is 9.50. The summed E-state index contributed by atoms with van der Waals surface area (Å²) in [6.07, 6.45) is 9.49. The average molecular weight is 531 g/mol. The molecule has 3 aliphatic carbocycles. The molecule has 0 spiro atoms. The highest BCUT2D eigenvalue weighted by Crippen LogP contribution is 2.57. The number of methoxy groups -OCH3 is 1. The number of allylic oxidation sites excluding steroid dienone is 1. The van der Waals surface area contributed by atoms with Gasteiger partial charge in [0.25, 0.3) is 11.8 Å². The van der Waals surface area contributed by atoms with Gasteiger partial charge < -0.3 is 34.5 Å². The van der Waals surface area contributed by atoms with E-state index in [0.29, 0.717) is 52.8 Å². The van der Waals surface area contributed by atoms with Crippen molar-refractivity contribution in [3.63, 3.8) is 0 Å². The molecule has 1 saturated heterocycles. The molecule has 204 valence electrons. The first-order valence-corrected chi connectivity index (χ1v) is 13.5. The summed E-state index contributed by atoms with van der Waals surface area (Å²) in [5.41, 5.74) is 3.05. The van der Waals surface area contributed by atoms with Crippen LogP contribution in [0.4, 0.5) is 0 Å². The van der Waals surface area contributed by atoms with Crippen LogP contribution in [0.5, 0.6) is 5.75 Å². The summed E-state index contributed by atoms with van der Waals surface area (Å²) in [6.45, 7) is 4.90. The second-order valence-corrected chi connectivity index (χ2v) is 11.2. The van der Waals surface area contributed by atoms with E-state index in [2.05, 4.69) is 10.3 Å². The third-order valence-electron chi connectivity index (χ3n) is 8.56. The van der Waals surface area contributed by atoms with E-state index in [1.165, 1.54) is 6.08 Å². The first kappa shape index (κ1) is 25.4. The number of aryl methyl sites for hydroxylation is 1. The molecule has 9 nitrogen and oxygen atoms in total. The molecule has 2 aromatic heterocycles. The molecule has 39 heavy (non-hydrogen) atoms. The van der Waals surface area contributed by atoms with Crippen molar-refractivity contribution in [2.75, 3.05) is 20.3 Å². The zero-order valence-electron chi connectivity index (χ0n) is 22.6. The Balaban J connectivity index is 1.23. The Kier molecular flexibility index (Phi) is 6.33. The van der Waals surface area contributed by atoms with E-state index >= 15 is 0 Å². The van der Waals surface area contributed by atoms with Gasteiger partial charge in [-0.05, 0) is 69.6 Å². The van der Waals surface area contributed by atoms with Gasteiger partial charge in [-0.25, -0.2) is 0 Å². The summed E-state index contributed by atoms with van der Waals surface area (Å²) in [5.74, 6) is 2.12. The molecule has 2 amide bonds. The first-order chi connectivity index (χ1) is 18.8. The van der Waals surface area contributed by atoms with Crippen LogP contribution in [0.3, 0.4) is 0 Å². The Hall–Kier alpha value is -3.85. The number of aromatic nitrogens is 1. The molecule has 3 N–H and O–H groups in total. The molecular weight excluding hydrogens is 496 g/mol. The molecule has 3 saturated carbocycles. The Labute approximate surface area is 227 Å². The van der Waals surface area contributed by atoms with Crippen molar-refractivity contribution in [3.05, 3.63) is 58.6 Å². The number of carbonyl (C=O) groups is 2. The summed E-state index contributed by atoms with van der Waals surface area (Å²) < 4.78 is 17.5. The van der Waals surface area contributed by atoms with Crippen LogP contribution in [0.1, 0.15) is 69.8 Å². The summed E-state index contributed by atoms with van der Waals surface area (Å²) in [4.78, 5) is 31.5. The minimum atomic E-state index is -0.0904. The Morgan fingerprint density at radius 3 is 2.77 bits per heavy atom. The highest BCUT2D eigenvalue weighted by molar-refractivity contribution is 6.08. The number of nitrogens with zero attached hydrogens (tertiary/aromatic N) is 1. The largest absolute Gasteiger partial charge is 0.460 e. The van der Waals surface area contributed by atoms with Crippen molar-refractivity contribution in [1.29, 1.82) is 5.41 Å². The smallest absolute Gasteiger partial charge is 0.256 e. The summed E-state index contributed by atoms with van der Waals surface area (Å²) in [5, 5.41) is 11.6. The second kappa shape index (κ2) is 9.72. The predicted octanol–water partition coefficient (Wildman–Crippen LogP) is 4.98. The van der Waals surface area contributed by atoms with Crippen molar-refractivity contribution in [2.24, 2.45) is 5.92 Å². The number of ether oxygens (including phenoxy) is 2. The van der Waals surface area contributed by atoms with Crippen molar-refractivity contribution >= 4 is 34.8 Å². The van der Waals surface area contributed by atoms with Crippen LogP contribution < -0.4 is 10.1 Å². The Morgan fingerprint density at radius 1 is 1.28 bits per heavy atom. The van der Waals surface area contributed by atoms with Gasteiger partial charge >= 0.3 is 0 Å². The van der Waals surface area contributed by atoms with Crippen LogP contribution in [0.25, 0.3) is 16.7 Å². The molecule has 7 rings (SSSR count). The van der Waals surface area contributed by atoms with E-state index in [0.717, 1.165) is 55.2 Å². The number of nitrogens with one attached hydrogen (secondary N) is 3. The normalized spacial score (nSPS) is 23.9. The summed E-state index contributed by atoms with van der Waals surface area (Å²) in [7, 11) is 1.65. The number of amides is 2. The maximum atomic E-state index is 13.4. The van der Waals surface area contributed by atoms with Gasteiger partial charge in [0.15, 0.2) is 5.76 Å². The molecule has 1 atom stereocenters. The first-order valence-electron chi connectivity index (χ1n) is 13.5. The van der Waals surface area contributed by atoms with E-state index in [4.69, 9.17) is 19.3 Å². The number of furan rings is 1. The van der Waals surface area contributed by atoms with Gasteiger partial charge in [-0.15, -0.1) is 0 Å². The van der Waals surface area contributed by atoms with Crippen molar-refractivity contribution in [1.82, 2.24) is 15.2 Å². The number of carbonyl (C=O) groups excluding carboxylic acids is 2. The molecule has 0 radical (unpaired) electrons. The number of hydrogen-bond donors (Lipinski definition) is 3. The number of fused-ring (bicyclic) bond motifs is 1. The Morgan fingerprint density at radius 2 is 2.08 bits per heavy atom. The van der Waals surface area contributed by atoms with Gasteiger partial charge in [0.1, 0.15) is 17.1 Å². The lowest BCUT2D eigenvalue weighted by Crippen LogP contribution is -2.68. The van der Waals surface area contributed by atoms with E-state index in [-0.39, 0.29) is 23.4 Å². The number of H-pyrrole nitrogens is 1. The molecule has 3 heterocycles. The topological polar surface area (TPSA) is 121 Å². The minimum Gasteiger partial charge on any atom is -0.460 e. The van der Waals surface area contributed by atoms with Crippen LogP contribution in [-0.4, -0.2) is 59.8 Å². The number of aromatic amines is 1. The molecule has 4 aliphatic rings. The molecule has 4 fully saturated rings. The van der Waals surface area contributed by atoms with Gasteiger partial charge in [-0.3, -0.25) is 9.59 Å². The van der Waals surface area contributed by atoms with Gasteiger partial charge in [-0.1, -0.05) is 0 Å². The van der Waals surface area contributed by atoms with E-state index in [1.54, 1.807) is 32.4 Å². The van der Waals surface area contributed by atoms with Crippen LogP contribution in [0, 0.1) is 25.2 Å². The third kappa shape index (κ3) is 4.34. The highest BCUT2D eigenvalue weighted by atomic mass is 16.5. The monoisotopic (exact) mass is 530 g/mol. The van der Waals surface area contributed by atoms with Crippen LogP contribution in [0.15, 0.2) is 34.9 Å². The molecule has 9 heteroatoms. The zero-order chi connectivity index (χ0) is 27.3. The SMILES string of the molecule is COCC1CCCN1C(=O)c1c[nH]c(/C(=C\C=N)Oc2ccc3c(C(=O)NC45CC(C4)C5)c(C)oc3c2)c1C.